The molecule has 11 nitrogen and oxygen atoms in total. The lowest BCUT2D eigenvalue weighted by Gasteiger charge is -2.41. The quantitative estimate of drug-likeness (QED) is 0.0149. The molecule has 1 aliphatic heterocycles. The summed E-state index contributed by atoms with van der Waals surface area (Å²) < 4.78 is 17.6. The highest BCUT2D eigenvalue weighted by Crippen LogP contribution is 2.26. The third kappa shape index (κ3) is 41.1. The minimum absolute atomic E-state index is 0.0661. The standard InChI is InChI=1S/C66H111NO10/c1-4-7-10-13-16-19-22-25-27-29-31-32-35-38-41-44-47-50-53-59(70)65(74)67-57(58(69)52-49-46-43-40-37-34-24-21-18-15-12-9-6-3)56-75-66-64(63(73)62(72)60(55-68)76-66)77-61(71)54-51-48-45-42-39-36-33-30-28-26-23-20-17-14-11-8-5-2/h8,11,14,16-17,19-20,23,25-28,30,33,36,39,49,52,57-60,62-64,66,68-70,72-73H,4-7,9-10,12-13,15,18,21-22,24,29,31-32,34-35,37-38,40-48,50-51,53-56H2,1-3H3,(H,67,74)/b11-8-,17-14+,19-16-,23-20+,27-25-,28-26-,33-30+,39-36+,52-49+. The van der Waals surface area contributed by atoms with Crippen molar-refractivity contribution < 1.29 is 49.3 Å². The second-order valence-electron chi connectivity index (χ2n) is 20.9. The van der Waals surface area contributed by atoms with Crippen molar-refractivity contribution in [3.63, 3.8) is 0 Å². The largest absolute Gasteiger partial charge is 0.454 e. The lowest BCUT2D eigenvalue weighted by molar-refractivity contribution is -0.305. The Morgan fingerprint density at radius 3 is 1.53 bits per heavy atom. The molecule has 1 rings (SSSR count). The van der Waals surface area contributed by atoms with Gasteiger partial charge in [0.15, 0.2) is 12.4 Å². The molecule has 1 aliphatic rings. The number of allylic oxidation sites excluding steroid dienone is 17. The van der Waals surface area contributed by atoms with Crippen LogP contribution in [-0.4, -0.2) is 99.6 Å². The van der Waals surface area contributed by atoms with Gasteiger partial charge in [0.25, 0.3) is 0 Å². The average molecular weight is 1080 g/mol. The summed E-state index contributed by atoms with van der Waals surface area (Å²) in [6.07, 6.45) is 61.1. The number of ether oxygens (including phenoxy) is 3. The minimum Gasteiger partial charge on any atom is -0.454 e. The molecule has 1 heterocycles. The second kappa shape index (κ2) is 53.0. The zero-order valence-corrected chi connectivity index (χ0v) is 48.5. The van der Waals surface area contributed by atoms with Gasteiger partial charge in [-0.3, -0.25) is 9.59 Å². The predicted octanol–water partition coefficient (Wildman–Crippen LogP) is 14.5. The normalized spacial score (nSPS) is 19.8. The van der Waals surface area contributed by atoms with Gasteiger partial charge in [-0.25, -0.2) is 0 Å². The average Bonchev–Trinajstić information content (AvgIpc) is 3.43. The number of aliphatic hydroxyl groups excluding tert-OH is 5. The Morgan fingerprint density at radius 2 is 0.987 bits per heavy atom. The molecule has 0 aromatic heterocycles. The monoisotopic (exact) mass is 1080 g/mol. The van der Waals surface area contributed by atoms with Gasteiger partial charge in [-0.05, 0) is 77.0 Å². The van der Waals surface area contributed by atoms with E-state index in [-0.39, 0.29) is 19.4 Å². The first-order valence-electron chi connectivity index (χ1n) is 30.7. The van der Waals surface area contributed by atoms with Crippen molar-refractivity contribution in [2.75, 3.05) is 13.2 Å². The number of nitrogens with one attached hydrogen (secondary N) is 1. The zero-order chi connectivity index (χ0) is 56.1. The maximum atomic E-state index is 13.4. The third-order valence-electron chi connectivity index (χ3n) is 13.8. The number of aliphatic hydroxyl groups is 5. The molecule has 0 aromatic carbocycles. The molecule has 8 unspecified atom stereocenters. The number of hydrogen-bond donors (Lipinski definition) is 6. The van der Waals surface area contributed by atoms with Crippen molar-refractivity contribution in [1.29, 1.82) is 0 Å². The molecule has 0 spiro atoms. The summed E-state index contributed by atoms with van der Waals surface area (Å²) in [7, 11) is 0. The van der Waals surface area contributed by atoms with Crippen molar-refractivity contribution in [3.8, 4) is 0 Å². The number of unbranched alkanes of at least 4 members (excludes halogenated alkanes) is 25. The number of esters is 1. The van der Waals surface area contributed by atoms with Crippen molar-refractivity contribution in [3.05, 3.63) is 109 Å². The predicted molar refractivity (Wildman–Crippen MR) is 319 cm³/mol. The topological polar surface area (TPSA) is 175 Å². The molecule has 8 atom stereocenters. The Hall–Kier alpha value is -3.68. The maximum Gasteiger partial charge on any atom is 0.306 e. The Morgan fingerprint density at radius 1 is 0.532 bits per heavy atom. The van der Waals surface area contributed by atoms with E-state index in [0.717, 1.165) is 83.5 Å². The Labute approximate surface area is 468 Å². The summed E-state index contributed by atoms with van der Waals surface area (Å²) in [4.78, 5) is 26.5. The molecule has 0 radical (unpaired) electrons. The molecule has 1 saturated heterocycles. The number of amides is 1. The van der Waals surface area contributed by atoms with Crippen LogP contribution in [0.1, 0.15) is 233 Å². The first-order valence-corrected chi connectivity index (χ1v) is 30.7. The van der Waals surface area contributed by atoms with Crippen LogP contribution in [0.15, 0.2) is 109 Å². The SMILES string of the molecule is CC\C=C/C=C/C=C/C=C\C=C\C=C\CCCCCC(=O)OC1C(OCC(NC(=O)C(O)CCCCCCCCCC/C=C\C/C=C\CCCCC)C(O)/C=C/CCCCCCCCCCCCC)OC(CO)C(O)C1O. The van der Waals surface area contributed by atoms with Gasteiger partial charge in [-0.2, -0.15) is 0 Å². The molecule has 0 bridgehead atoms. The lowest BCUT2D eigenvalue weighted by Crippen LogP contribution is -2.61. The van der Waals surface area contributed by atoms with E-state index in [1.165, 1.54) is 103 Å². The molecular weight excluding hydrogens is 967 g/mol. The highest BCUT2D eigenvalue weighted by molar-refractivity contribution is 5.80. The Kier molecular flexibility index (Phi) is 49.1. The van der Waals surface area contributed by atoms with E-state index in [2.05, 4.69) is 62.5 Å². The molecule has 440 valence electrons. The Bertz CT molecular complexity index is 1660. The summed E-state index contributed by atoms with van der Waals surface area (Å²) in [6.45, 7) is 5.59. The fourth-order valence-electron chi connectivity index (χ4n) is 8.95. The van der Waals surface area contributed by atoms with E-state index in [4.69, 9.17) is 14.2 Å². The van der Waals surface area contributed by atoms with Crippen molar-refractivity contribution in [2.45, 2.75) is 282 Å². The minimum atomic E-state index is -1.64. The second-order valence-corrected chi connectivity index (χ2v) is 20.9. The fourth-order valence-corrected chi connectivity index (χ4v) is 8.95. The highest BCUT2D eigenvalue weighted by atomic mass is 16.7. The van der Waals surface area contributed by atoms with Gasteiger partial charge in [0.1, 0.15) is 24.4 Å². The van der Waals surface area contributed by atoms with E-state index in [1.807, 2.05) is 66.8 Å². The van der Waals surface area contributed by atoms with E-state index in [0.29, 0.717) is 12.8 Å². The highest BCUT2D eigenvalue weighted by Gasteiger charge is 2.47. The van der Waals surface area contributed by atoms with Crippen LogP contribution in [0.25, 0.3) is 0 Å². The molecule has 0 aromatic rings. The smallest absolute Gasteiger partial charge is 0.306 e. The summed E-state index contributed by atoms with van der Waals surface area (Å²) in [5.41, 5.74) is 0. The molecular formula is C66H111NO10. The van der Waals surface area contributed by atoms with Crippen molar-refractivity contribution >= 4 is 11.9 Å². The molecule has 77 heavy (non-hydrogen) atoms. The van der Waals surface area contributed by atoms with Gasteiger partial charge in [0.05, 0.1) is 25.4 Å². The molecule has 1 amide bonds. The summed E-state index contributed by atoms with van der Waals surface area (Å²) in [6, 6.07) is -1.04. The molecule has 0 aliphatic carbocycles. The van der Waals surface area contributed by atoms with Gasteiger partial charge in [0, 0.05) is 6.42 Å². The van der Waals surface area contributed by atoms with Gasteiger partial charge < -0.3 is 45.1 Å². The fraction of sp³-hybridized carbons (Fsp3) is 0.697. The van der Waals surface area contributed by atoms with Gasteiger partial charge >= 0.3 is 5.97 Å². The van der Waals surface area contributed by atoms with Crippen LogP contribution < -0.4 is 5.32 Å². The molecule has 0 saturated carbocycles. The first-order chi connectivity index (χ1) is 37.7. The Balaban J connectivity index is 2.74. The van der Waals surface area contributed by atoms with Crippen LogP contribution in [0.4, 0.5) is 0 Å². The first kappa shape index (κ1) is 71.3. The maximum absolute atomic E-state index is 13.4. The molecule has 11 heteroatoms. The van der Waals surface area contributed by atoms with Crippen LogP contribution in [0.5, 0.6) is 0 Å². The summed E-state index contributed by atoms with van der Waals surface area (Å²) >= 11 is 0. The van der Waals surface area contributed by atoms with Crippen LogP contribution in [0.2, 0.25) is 0 Å². The van der Waals surface area contributed by atoms with E-state index < -0.39 is 67.4 Å². The number of carbonyl (C=O) groups is 2. The van der Waals surface area contributed by atoms with E-state index in [1.54, 1.807) is 6.08 Å². The van der Waals surface area contributed by atoms with Crippen LogP contribution >= 0.6 is 0 Å². The molecule has 1 fully saturated rings. The van der Waals surface area contributed by atoms with Crippen LogP contribution in [-0.2, 0) is 23.8 Å². The number of hydrogen-bond acceptors (Lipinski definition) is 10. The van der Waals surface area contributed by atoms with Gasteiger partial charge in [0.2, 0.25) is 5.91 Å². The number of carbonyl (C=O) groups excluding carboxylic acids is 2. The van der Waals surface area contributed by atoms with Crippen LogP contribution in [0, 0.1) is 0 Å². The van der Waals surface area contributed by atoms with Gasteiger partial charge in [-0.1, -0.05) is 259 Å². The summed E-state index contributed by atoms with van der Waals surface area (Å²) in [5, 5.41) is 57.0. The van der Waals surface area contributed by atoms with E-state index in [9.17, 15) is 35.1 Å². The zero-order valence-electron chi connectivity index (χ0n) is 48.5. The molecule has 6 N–H and O–H groups in total. The third-order valence-corrected chi connectivity index (χ3v) is 13.8. The lowest BCUT2D eigenvalue weighted by atomic mass is 9.99. The van der Waals surface area contributed by atoms with Crippen molar-refractivity contribution in [1.82, 2.24) is 5.32 Å². The summed E-state index contributed by atoms with van der Waals surface area (Å²) in [5.74, 6) is -1.25. The van der Waals surface area contributed by atoms with Gasteiger partial charge in [-0.15, -0.1) is 0 Å². The number of rotatable bonds is 50. The van der Waals surface area contributed by atoms with Crippen LogP contribution in [0.3, 0.4) is 0 Å². The van der Waals surface area contributed by atoms with E-state index >= 15 is 0 Å². The van der Waals surface area contributed by atoms with Crippen molar-refractivity contribution in [2.24, 2.45) is 0 Å².